The number of likely N-dealkylation sites (tertiary alicyclic amines) is 1. The Hall–Kier alpha value is -0.770. The van der Waals surface area contributed by atoms with Gasteiger partial charge in [-0.05, 0) is 31.6 Å². The molecular formula is C15H30N4. The summed E-state index contributed by atoms with van der Waals surface area (Å²) in [7, 11) is 1.87. The molecular weight excluding hydrogens is 236 g/mol. The molecule has 19 heavy (non-hydrogen) atoms. The first-order valence-electron chi connectivity index (χ1n) is 7.57. The first-order valence-corrected chi connectivity index (χ1v) is 7.57. The molecule has 1 heterocycles. The molecule has 2 aliphatic rings. The molecule has 0 spiro atoms. The summed E-state index contributed by atoms with van der Waals surface area (Å²) in [5.74, 6) is 1.64. The van der Waals surface area contributed by atoms with Gasteiger partial charge in [0.25, 0.3) is 0 Å². The number of aliphatic imine (C=N–C) groups is 1. The lowest BCUT2D eigenvalue weighted by molar-refractivity contribution is 0.265. The molecule has 3 unspecified atom stereocenters. The van der Waals surface area contributed by atoms with Crippen LogP contribution in [0.1, 0.15) is 41.0 Å². The molecule has 0 radical (unpaired) electrons. The molecule has 0 amide bonds. The van der Waals surface area contributed by atoms with Crippen molar-refractivity contribution >= 4 is 5.96 Å². The summed E-state index contributed by atoms with van der Waals surface area (Å²) in [6.07, 6.45) is 1.24. The largest absolute Gasteiger partial charge is 0.353 e. The molecule has 0 aromatic rings. The van der Waals surface area contributed by atoms with Crippen molar-refractivity contribution in [3.63, 3.8) is 0 Å². The normalized spacial score (nSPS) is 34.7. The number of nitrogens with zero attached hydrogens (tertiary/aromatic N) is 2. The monoisotopic (exact) mass is 266 g/mol. The zero-order valence-corrected chi connectivity index (χ0v) is 13.3. The van der Waals surface area contributed by atoms with Gasteiger partial charge in [-0.15, -0.1) is 0 Å². The van der Waals surface area contributed by atoms with Crippen molar-refractivity contribution in [2.45, 2.75) is 59.2 Å². The maximum absolute atomic E-state index is 4.38. The summed E-state index contributed by atoms with van der Waals surface area (Å²) in [5.41, 5.74) is 0.433. The predicted octanol–water partition coefficient (Wildman–Crippen LogP) is 1.68. The maximum Gasteiger partial charge on any atom is 0.191 e. The smallest absolute Gasteiger partial charge is 0.191 e. The number of hydrogen-bond donors (Lipinski definition) is 2. The minimum atomic E-state index is 0.433. The van der Waals surface area contributed by atoms with Crippen LogP contribution in [-0.4, -0.2) is 49.1 Å². The van der Waals surface area contributed by atoms with Crippen LogP contribution < -0.4 is 10.6 Å². The summed E-state index contributed by atoms with van der Waals surface area (Å²) >= 11 is 0. The minimum Gasteiger partial charge on any atom is -0.353 e. The topological polar surface area (TPSA) is 39.7 Å². The van der Waals surface area contributed by atoms with Gasteiger partial charge in [0.1, 0.15) is 0 Å². The highest BCUT2D eigenvalue weighted by atomic mass is 15.3. The second kappa shape index (κ2) is 5.31. The predicted molar refractivity (Wildman–Crippen MR) is 81.5 cm³/mol. The van der Waals surface area contributed by atoms with E-state index in [0.717, 1.165) is 12.5 Å². The van der Waals surface area contributed by atoms with Crippen LogP contribution in [0.15, 0.2) is 4.99 Å². The molecule has 1 saturated carbocycles. The van der Waals surface area contributed by atoms with E-state index in [2.05, 4.69) is 55.1 Å². The molecule has 1 saturated heterocycles. The molecule has 0 aromatic heterocycles. The van der Waals surface area contributed by atoms with Crippen LogP contribution in [0.4, 0.5) is 0 Å². The van der Waals surface area contributed by atoms with E-state index in [1.54, 1.807) is 0 Å². The quantitative estimate of drug-likeness (QED) is 0.603. The van der Waals surface area contributed by atoms with Crippen LogP contribution in [0.3, 0.4) is 0 Å². The van der Waals surface area contributed by atoms with E-state index < -0.39 is 0 Å². The highest BCUT2D eigenvalue weighted by Gasteiger charge is 2.46. The van der Waals surface area contributed by atoms with Gasteiger partial charge in [0.05, 0.1) is 0 Å². The molecule has 0 bridgehead atoms. The Kier molecular flexibility index (Phi) is 4.09. The summed E-state index contributed by atoms with van der Waals surface area (Å²) in [6, 6.07) is 1.72. The lowest BCUT2D eigenvalue weighted by Gasteiger charge is -2.22. The Balaban J connectivity index is 1.86. The van der Waals surface area contributed by atoms with Crippen molar-refractivity contribution < 1.29 is 0 Å². The van der Waals surface area contributed by atoms with E-state index in [4.69, 9.17) is 0 Å². The Morgan fingerprint density at radius 2 is 1.89 bits per heavy atom. The zero-order chi connectivity index (χ0) is 14.2. The summed E-state index contributed by atoms with van der Waals surface area (Å²) in [6.45, 7) is 13.8. The molecule has 2 N–H and O–H groups in total. The number of rotatable bonds is 3. The fourth-order valence-electron chi connectivity index (χ4n) is 2.84. The van der Waals surface area contributed by atoms with Crippen molar-refractivity contribution in [2.24, 2.45) is 16.3 Å². The van der Waals surface area contributed by atoms with Crippen molar-refractivity contribution in [1.29, 1.82) is 0 Å². The van der Waals surface area contributed by atoms with E-state index in [9.17, 15) is 0 Å². The zero-order valence-electron chi connectivity index (χ0n) is 13.3. The molecule has 1 aliphatic carbocycles. The van der Waals surface area contributed by atoms with E-state index in [-0.39, 0.29) is 0 Å². The van der Waals surface area contributed by atoms with Crippen molar-refractivity contribution in [1.82, 2.24) is 15.5 Å². The standard InChI is InChI=1S/C15H30N4/c1-10(2)19-8-11(3)12(9-19)17-14(16-6)18-13-7-15(13,4)5/h10-13H,7-9H2,1-6H3,(H2,16,17,18). The minimum absolute atomic E-state index is 0.433. The van der Waals surface area contributed by atoms with Crippen LogP contribution in [0.25, 0.3) is 0 Å². The summed E-state index contributed by atoms with van der Waals surface area (Å²) in [5, 5.41) is 7.15. The van der Waals surface area contributed by atoms with Crippen molar-refractivity contribution in [3.05, 3.63) is 0 Å². The molecule has 1 aliphatic heterocycles. The third-order valence-electron chi connectivity index (χ3n) is 4.74. The highest BCUT2D eigenvalue weighted by Crippen LogP contribution is 2.44. The SMILES string of the molecule is CN=C(NC1CN(C(C)C)CC1C)NC1CC1(C)C. The van der Waals surface area contributed by atoms with Gasteiger partial charge in [0.2, 0.25) is 0 Å². The Morgan fingerprint density at radius 1 is 1.26 bits per heavy atom. The first kappa shape index (κ1) is 14.6. The van der Waals surface area contributed by atoms with E-state index in [1.165, 1.54) is 13.0 Å². The van der Waals surface area contributed by atoms with E-state index >= 15 is 0 Å². The van der Waals surface area contributed by atoms with Crippen LogP contribution in [0.5, 0.6) is 0 Å². The first-order chi connectivity index (χ1) is 8.83. The lowest BCUT2D eigenvalue weighted by Crippen LogP contribution is -2.48. The Bertz CT molecular complexity index is 348. The third-order valence-corrected chi connectivity index (χ3v) is 4.74. The van der Waals surface area contributed by atoms with Crippen LogP contribution in [0, 0.1) is 11.3 Å². The molecule has 2 fully saturated rings. The summed E-state index contributed by atoms with van der Waals surface area (Å²) in [4.78, 5) is 6.92. The Labute approximate surface area is 118 Å². The van der Waals surface area contributed by atoms with Crippen molar-refractivity contribution in [3.8, 4) is 0 Å². The maximum atomic E-state index is 4.38. The third kappa shape index (κ3) is 3.41. The molecule has 2 rings (SSSR count). The summed E-state index contributed by atoms with van der Waals surface area (Å²) < 4.78 is 0. The van der Waals surface area contributed by atoms with Gasteiger partial charge in [-0.2, -0.15) is 0 Å². The van der Waals surface area contributed by atoms with Gasteiger partial charge in [-0.3, -0.25) is 9.89 Å². The van der Waals surface area contributed by atoms with Gasteiger partial charge in [-0.1, -0.05) is 20.8 Å². The van der Waals surface area contributed by atoms with Crippen LogP contribution >= 0.6 is 0 Å². The molecule has 4 heteroatoms. The van der Waals surface area contributed by atoms with Gasteiger partial charge in [0.15, 0.2) is 5.96 Å². The molecule has 4 nitrogen and oxygen atoms in total. The second-order valence-corrected chi connectivity index (χ2v) is 7.24. The van der Waals surface area contributed by atoms with Gasteiger partial charge in [-0.25, -0.2) is 0 Å². The van der Waals surface area contributed by atoms with Gasteiger partial charge >= 0.3 is 0 Å². The Morgan fingerprint density at radius 3 is 2.32 bits per heavy atom. The average Bonchev–Trinajstić information content (AvgIpc) is 2.74. The average molecular weight is 266 g/mol. The van der Waals surface area contributed by atoms with Gasteiger partial charge in [0, 0.05) is 38.3 Å². The second-order valence-electron chi connectivity index (χ2n) is 7.24. The van der Waals surface area contributed by atoms with E-state index in [1.807, 2.05) is 7.05 Å². The fraction of sp³-hybridized carbons (Fsp3) is 0.933. The number of nitrogens with one attached hydrogen (secondary N) is 2. The van der Waals surface area contributed by atoms with Crippen LogP contribution in [0.2, 0.25) is 0 Å². The van der Waals surface area contributed by atoms with Crippen LogP contribution in [-0.2, 0) is 0 Å². The van der Waals surface area contributed by atoms with E-state index in [0.29, 0.717) is 29.5 Å². The van der Waals surface area contributed by atoms with Gasteiger partial charge < -0.3 is 10.6 Å². The number of guanidine groups is 1. The molecule has 0 aromatic carbocycles. The fourth-order valence-corrected chi connectivity index (χ4v) is 2.84. The molecule has 110 valence electrons. The number of hydrogen-bond acceptors (Lipinski definition) is 2. The molecule has 3 atom stereocenters. The highest BCUT2D eigenvalue weighted by molar-refractivity contribution is 5.80. The van der Waals surface area contributed by atoms with Crippen molar-refractivity contribution in [2.75, 3.05) is 20.1 Å². The lowest BCUT2D eigenvalue weighted by atomic mass is 10.1.